The van der Waals surface area contributed by atoms with Crippen LogP contribution in [0.2, 0.25) is 0 Å². The van der Waals surface area contributed by atoms with Crippen LogP contribution < -0.4 is 4.46 Å². The van der Waals surface area contributed by atoms with E-state index >= 15 is 0 Å². The Morgan fingerprint density at radius 2 is 1.92 bits per heavy atom. The molecule has 6 heteroatoms. The van der Waals surface area contributed by atoms with Gasteiger partial charge in [-0.3, -0.25) is 0 Å². The van der Waals surface area contributed by atoms with E-state index in [0.717, 1.165) is 4.46 Å². The van der Waals surface area contributed by atoms with Crippen LogP contribution in [0, 0.1) is 0 Å². The fourth-order valence-corrected chi connectivity index (χ4v) is 5.49. The predicted octanol–water partition coefficient (Wildman–Crippen LogP) is 1.25. The van der Waals surface area contributed by atoms with E-state index in [0.29, 0.717) is 0 Å². The molecule has 0 saturated heterocycles. The number of hydrogen-bond acceptors (Lipinski definition) is 2. The summed E-state index contributed by atoms with van der Waals surface area (Å²) in [6.45, 7) is 0. The van der Waals surface area contributed by atoms with Gasteiger partial charge in [-0.25, -0.2) is 0 Å². The zero-order chi connectivity index (χ0) is 9.19. The van der Waals surface area contributed by atoms with Gasteiger partial charge in [-0.05, 0) is 0 Å². The minimum atomic E-state index is -3.59. The Labute approximate surface area is 88.6 Å². The van der Waals surface area contributed by atoms with Gasteiger partial charge >= 0.3 is 89.0 Å². The van der Waals surface area contributed by atoms with Gasteiger partial charge in [0.25, 0.3) is 0 Å². The Morgan fingerprint density at radius 1 is 1.33 bits per heavy atom. The average molecular weight is 334 g/mol. The summed E-state index contributed by atoms with van der Waals surface area (Å²) < 4.78 is 22.7. The molecule has 0 N–H and O–H groups in total. The van der Waals surface area contributed by atoms with Gasteiger partial charge in [0, 0.05) is 0 Å². The molecule has 0 amide bonds. The van der Waals surface area contributed by atoms with Gasteiger partial charge < -0.3 is 0 Å². The molecule has 0 saturated carbocycles. The zero-order valence-electron chi connectivity index (χ0n) is 5.70. The fourth-order valence-electron chi connectivity index (χ4n) is 0.715. The Hall–Kier alpha value is 0.459. The first-order valence-corrected chi connectivity index (χ1v) is 10.1. The van der Waals surface area contributed by atoms with E-state index in [1.165, 1.54) is 6.07 Å². The summed E-state index contributed by atoms with van der Waals surface area (Å²) in [5, 5.41) is 0. The number of rotatable bonds is 2. The maximum absolute atomic E-state index is 11.0. The molecule has 0 unspecified atom stereocenters. The standard InChI is InChI=1S/C6H4BrClO2SSe/c7-12-6-4-2-1-3-5(6)11(8,9)10/h1-4H. The van der Waals surface area contributed by atoms with E-state index in [1.54, 1.807) is 18.2 Å². The van der Waals surface area contributed by atoms with Crippen LogP contribution in [0.15, 0.2) is 29.2 Å². The van der Waals surface area contributed by atoms with Crippen molar-refractivity contribution in [1.82, 2.24) is 0 Å². The Morgan fingerprint density at radius 3 is 2.33 bits per heavy atom. The first kappa shape index (κ1) is 10.5. The molecule has 1 aromatic rings. The van der Waals surface area contributed by atoms with E-state index in [2.05, 4.69) is 14.1 Å². The molecule has 0 aromatic heterocycles. The maximum atomic E-state index is 11.0. The molecule has 0 aliphatic heterocycles. The van der Waals surface area contributed by atoms with Crippen LogP contribution in [-0.2, 0) is 9.05 Å². The van der Waals surface area contributed by atoms with Crippen molar-refractivity contribution in [2.24, 2.45) is 0 Å². The van der Waals surface area contributed by atoms with Gasteiger partial charge in [-0.1, -0.05) is 0 Å². The first-order chi connectivity index (χ1) is 5.55. The predicted molar refractivity (Wildman–Crippen MR) is 53.8 cm³/mol. The monoisotopic (exact) mass is 334 g/mol. The Balaban J connectivity index is 3.33. The molecule has 0 heterocycles. The molecular formula is C6H4BrClO2SSe. The van der Waals surface area contributed by atoms with Crippen LogP contribution in [0.1, 0.15) is 0 Å². The second-order valence-electron chi connectivity index (χ2n) is 1.96. The summed E-state index contributed by atoms with van der Waals surface area (Å²) in [7, 11) is 1.62. The van der Waals surface area contributed by atoms with E-state index in [1.807, 2.05) is 0 Å². The molecule has 0 aliphatic rings. The molecule has 66 valence electrons. The van der Waals surface area contributed by atoms with Crippen LogP contribution in [0.5, 0.6) is 0 Å². The summed E-state index contributed by atoms with van der Waals surface area (Å²) in [6, 6.07) is 6.67. The molecule has 0 aliphatic carbocycles. The zero-order valence-corrected chi connectivity index (χ0v) is 10.6. The van der Waals surface area contributed by atoms with E-state index in [-0.39, 0.29) is 18.0 Å². The Kier molecular flexibility index (Phi) is 3.61. The van der Waals surface area contributed by atoms with Crippen LogP contribution in [0.25, 0.3) is 0 Å². The molecule has 0 fully saturated rings. The second-order valence-corrected chi connectivity index (χ2v) is 7.42. The molecule has 1 aromatic carbocycles. The Bertz CT molecular complexity index is 379. The SMILES string of the molecule is O=S(=O)(Cl)c1ccccc1[Se]Br. The third-order valence-electron chi connectivity index (χ3n) is 1.19. The third-order valence-corrected chi connectivity index (χ3v) is 5.77. The summed E-state index contributed by atoms with van der Waals surface area (Å²) in [4.78, 5) is 0.198. The van der Waals surface area contributed by atoms with Crippen LogP contribution in [-0.4, -0.2) is 21.6 Å². The van der Waals surface area contributed by atoms with E-state index in [9.17, 15) is 8.42 Å². The summed E-state index contributed by atoms with van der Waals surface area (Å²) in [5.74, 6) is 0. The number of halogens is 2. The van der Waals surface area contributed by atoms with Crippen LogP contribution in [0.4, 0.5) is 0 Å². The fraction of sp³-hybridized carbons (Fsp3) is 0. The molecule has 0 atom stereocenters. The topological polar surface area (TPSA) is 34.1 Å². The van der Waals surface area contributed by atoms with Gasteiger partial charge in [0.15, 0.2) is 0 Å². The van der Waals surface area contributed by atoms with Crippen LogP contribution >= 0.6 is 24.8 Å². The number of hydrogen-bond donors (Lipinski definition) is 0. The first-order valence-electron chi connectivity index (χ1n) is 2.88. The average Bonchev–Trinajstić information content (AvgIpc) is 2.03. The second kappa shape index (κ2) is 4.11. The number of benzene rings is 1. The molecule has 2 nitrogen and oxygen atoms in total. The molecule has 0 bridgehead atoms. The van der Waals surface area contributed by atoms with Crippen molar-refractivity contribution in [2.45, 2.75) is 4.90 Å². The molecule has 0 radical (unpaired) electrons. The molecular weight excluding hydrogens is 330 g/mol. The van der Waals surface area contributed by atoms with E-state index in [4.69, 9.17) is 10.7 Å². The summed E-state index contributed by atoms with van der Waals surface area (Å²) in [5.41, 5.74) is 0. The van der Waals surface area contributed by atoms with E-state index < -0.39 is 9.05 Å². The van der Waals surface area contributed by atoms with Crippen molar-refractivity contribution in [3.05, 3.63) is 24.3 Å². The van der Waals surface area contributed by atoms with Crippen molar-refractivity contribution in [3.63, 3.8) is 0 Å². The summed E-state index contributed by atoms with van der Waals surface area (Å²) >= 11 is 3.20. The quantitative estimate of drug-likeness (QED) is 0.603. The molecule has 0 spiro atoms. The van der Waals surface area contributed by atoms with Crippen LogP contribution in [0.3, 0.4) is 0 Å². The van der Waals surface area contributed by atoms with Gasteiger partial charge in [0.05, 0.1) is 0 Å². The van der Waals surface area contributed by atoms with Crippen molar-refractivity contribution < 1.29 is 8.42 Å². The third kappa shape index (κ3) is 2.47. The minimum absolute atomic E-state index is 0.0362. The van der Waals surface area contributed by atoms with Crippen molar-refractivity contribution >= 4 is 51.5 Å². The van der Waals surface area contributed by atoms with Crippen molar-refractivity contribution in [1.29, 1.82) is 0 Å². The van der Waals surface area contributed by atoms with Crippen molar-refractivity contribution in [3.8, 4) is 0 Å². The van der Waals surface area contributed by atoms with Gasteiger partial charge in [-0.2, -0.15) is 0 Å². The molecule has 1 rings (SSSR count). The van der Waals surface area contributed by atoms with Gasteiger partial charge in [0.2, 0.25) is 0 Å². The normalized spacial score (nSPS) is 11.5. The van der Waals surface area contributed by atoms with Gasteiger partial charge in [-0.15, -0.1) is 0 Å². The van der Waals surface area contributed by atoms with Crippen molar-refractivity contribution in [2.75, 3.05) is 0 Å². The summed E-state index contributed by atoms with van der Waals surface area (Å²) in [6.07, 6.45) is 0. The molecule has 12 heavy (non-hydrogen) atoms. The van der Waals surface area contributed by atoms with Gasteiger partial charge in [0.1, 0.15) is 0 Å².